The molecule has 0 saturated heterocycles. The lowest BCUT2D eigenvalue weighted by Gasteiger charge is -2.06. The van der Waals surface area contributed by atoms with Gasteiger partial charge >= 0.3 is 0 Å². The second kappa shape index (κ2) is 15.8. The topological polar surface area (TPSA) is 68.8 Å². The minimum Gasteiger partial charge on any atom is -0.412 e. The summed E-state index contributed by atoms with van der Waals surface area (Å²) < 4.78 is 0. The molecule has 0 radical (unpaired) electrons. The van der Waals surface area contributed by atoms with E-state index in [-0.39, 0.29) is 5.48 Å². The Balaban J connectivity index is -0.000000320. The molecule has 1 unspecified atom stereocenters. The van der Waals surface area contributed by atoms with E-state index in [9.17, 15) is 0 Å². The molecule has 92 valence electrons. The van der Waals surface area contributed by atoms with Gasteiger partial charge in [0.05, 0.1) is 0 Å². The summed E-state index contributed by atoms with van der Waals surface area (Å²) in [5.74, 6) is 0.663. The molecule has 3 N–H and O–H groups in total. The number of rotatable bonds is 5. The Labute approximate surface area is 93.5 Å². The number of aliphatic hydroxyl groups excluding tert-OH is 1. The van der Waals surface area contributed by atoms with Crippen molar-refractivity contribution in [3.05, 3.63) is 11.6 Å². The molecule has 3 nitrogen and oxygen atoms in total. The number of carbonyl (C=O) groups is 1. The van der Waals surface area contributed by atoms with Gasteiger partial charge in [0, 0.05) is 6.61 Å². The summed E-state index contributed by atoms with van der Waals surface area (Å²) in [6, 6.07) is 0. The third kappa shape index (κ3) is 24.7. The maximum Gasteiger partial charge on any atom is 0.116 e. The van der Waals surface area contributed by atoms with Crippen LogP contribution in [0.4, 0.5) is 0 Å². The normalized spacial score (nSPS) is 10.2. The third-order valence-electron chi connectivity index (χ3n) is 1.83. The maximum atomic E-state index is 8.81. The second-order valence-electron chi connectivity index (χ2n) is 3.71. The lowest BCUT2D eigenvalue weighted by Crippen LogP contribution is -1.96. The van der Waals surface area contributed by atoms with Crippen LogP contribution in [-0.2, 0) is 4.79 Å². The van der Waals surface area contributed by atoms with Gasteiger partial charge in [0.1, 0.15) is 6.29 Å². The van der Waals surface area contributed by atoms with Crippen LogP contribution in [0, 0.1) is 5.92 Å². The average Bonchev–Trinajstić information content (AvgIpc) is 2.05. The summed E-state index contributed by atoms with van der Waals surface area (Å²) >= 11 is 0. The molecule has 0 fully saturated rings. The van der Waals surface area contributed by atoms with Gasteiger partial charge in [-0.05, 0) is 46.0 Å². The van der Waals surface area contributed by atoms with Gasteiger partial charge in [-0.3, -0.25) is 0 Å². The van der Waals surface area contributed by atoms with Gasteiger partial charge in [-0.2, -0.15) is 0 Å². The van der Waals surface area contributed by atoms with E-state index in [4.69, 9.17) is 9.90 Å². The van der Waals surface area contributed by atoms with Crippen LogP contribution >= 0.6 is 0 Å². The molecule has 0 aliphatic heterocycles. The Kier molecular flexibility index (Phi) is 20.9. The molecule has 3 heteroatoms. The lowest BCUT2D eigenvalue weighted by atomic mass is 10.0. The molecule has 0 heterocycles. The maximum absolute atomic E-state index is 8.81. The third-order valence-corrected chi connectivity index (χ3v) is 1.83. The summed E-state index contributed by atoms with van der Waals surface area (Å²) in [4.78, 5) is 8.81. The van der Waals surface area contributed by atoms with Crippen LogP contribution in [0.3, 0.4) is 0 Å². The zero-order chi connectivity index (χ0) is 11.4. The van der Waals surface area contributed by atoms with E-state index < -0.39 is 0 Å². The molecule has 0 aromatic carbocycles. The Morgan fingerprint density at radius 3 is 2.13 bits per heavy atom. The molecule has 0 aliphatic rings. The highest BCUT2D eigenvalue weighted by molar-refractivity contribution is 5.44. The standard InChI is InChI=1S/C10H20O.C2H4O.H2O/c1-9(2)5-4-6-10(3)7-8-11;1-2-3;/h5,10-11H,4,6-8H2,1-3H3;2H,1H3;1H2. The minimum absolute atomic E-state index is 0. The van der Waals surface area contributed by atoms with Crippen molar-refractivity contribution in [1.82, 2.24) is 0 Å². The molecular formula is C12H26O3. The van der Waals surface area contributed by atoms with Crippen LogP contribution in [0.2, 0.25) is 0 Å². The predicted octanol–water partition coefficient (Wildman–Crippen LogP) is 2.13. The van der Waals surface area contributed by atoms with Gasteiger partial charge in [-0.15, -0.1) is 0 Å². The van der Waals surface area contributed by atoms with Crippen molar-refractivity contribution in [3.63, 3.8) is 0 Å². The SMILES string of the molecule is CC(C)=CCCC(C)CCO.CC=O.O. The number of hydrogen-bond acceptors (Lipinski definition) is 2. The first-order valence-electron chi connectivity index (χ1n) is 5.22. The van der Waals surface area contributed by atoms with Crippen molar-refractivity contribution in [3.8, 4) is 0 Å². The first kappa shape index (κ1) is 19.8. The van der Waals surface area contributed by atoms with E-state index in [0.717, 1.165) is 19.1 Å². The quantitative estimate of drug-likeness (QED) is 0.567. The van der Waals surface area contributed by atoms with E-state index in [1.165, 1.54) is 18.9 Å². The Morgan fingerprint density at radius 2 is 1.80 bits per heavy atom. The van der Waals surface area contributed by atoms with Gasteiger partial charge in [-0.1, -0.05) is 18.6 Å². The van der Waals surface area contributed by atoms with Crippen LogP contribution in [-0.4, -0.2) is 23.5 Å². The van der Waals surface area contributed by atoms with Gasteiger partial charge < -0.3 is 15.4 Å². The van der Waals surface area contributed by atoms with Crippen molar-refractivity contribution in [2.75, 3.05) is 6.61 Å². The van der Waals surface area contributed by atoms with Crippen LogP contribution in [0.5, 0.6) is 0 Å². The Hall–Kier alpha value is -0.670. The Morgan fingerprint density at radius 1 is 1.33 bits per heavy atom. The number of aldehydes is 1. The fourth-order valence-corrected chi connectivity index (χ4v) is 1.02. The van der Waals surface area contributed by atoms with Crippen LogP contribution in [0.25, 0.3) is 0 Å². The zero-order valence-corrected chi connectivity index (χ0v) is 10.4. The molecule has 0 aromatic rings. The van der Waals surface area contributed by atoms with E-state index in [0.29, 0.717) is 12.5 Å². The van der Waals surface area contributed by atoms with Crippen molar-refractivity contribution >= 4 is 6.29 Å². The lowest BCUT2D eigenvalue weighted by molar-refractivity contribution is -0.106. The highest BCUT2D eigenvalue weighted by atomic mass is 16.3. The second-order valence-corrected chi connectivity index (χ2v) is 3.71. The monoisotopic (exact) mass is 218 g/mol. The molecule has 0 aliphatic carbocycles. The van der Waals surface area contributed by atoms with Gasteiger partial charge in [-0.25, -0.2) is 0 Å². The number of aliphatic hydroxyl groups is 1. The molecule has 0 bridgehead atoms. The van der Waals surface area contributed by atoms with Crippen molar-refractivity contribution in [1.29, 1.82) is 0 Å². The fraction of sp³-hybridized carbons (Fsp3) is 0.750. The van der Waals surface area contributed by atoms with E-state index in [1.54, 1.807) is 0 Å². The largest absolute Gasteiger partial charge is 0.412 e. The van der Waals surface area contributed by atoms with Crippen LogP contribution < -0.4 is 0 Å². The predicted molar refractivity (Wildman–Crippen MR) is 64.9 cm³/mol. The molecule has 15 heavy (non-hydrogen) atoms. The summed E-state index contributed by atoms with van der Waals surface area (Å²) in [7, 11) is 0. The number of carbonyl (C=O) groups excluding carboxylic acids is 1. The number of hydrogen-bond donors (Lipinski definition) is 1. The molecular weight excluding hydrogens is 192 g/mol. The van der Waals surface area contributed by atoms with Crippen molar-refractivity contribution in [2.24, 2.45) is 5.92 Å². The van der Waals surface area contributed by atoms with Gasteiger partial charge in [0.25, 0.3) is 0 Å². The minimum atomic E-state index is 0. The molecule has 0 spiro atoms. The van der Waals surface area contributed by atoms with Crippen LogP contribution in [0.1, 0.15) is 47.0 Å². The smallest absolute Gasteiger partial charge is 0.116 e. The first-order valence-corrected chi connectivity index (χ1v) is 5.22. The first-order chi connectivity index (χ1) is 6.58. The molecule has 0 saturated carbocycles. The summed E-state index contributed by atoms with van der Waals surface area (Å²) in [5.41, 5.74) is 1.39. The fourth-order valence-electron chi connectivity index (χ4n) is 1.02. The average molecular weight is 218 g/mol. The highest BCUT2D eigenvalue weighted by Crippen LogP contribution is 2.10. The summed E-state index contributed by atoms with van der Waals surface area (Å²) in [6.45, 7) is 8.21. The van der Waals surface area contributed by atoms with E-state index in [1.807, 2.05) is 0 Å². The molecule has 0 amide bonds. The van der Waals surface area contributed by atoms with Crippen molar-refractivity contribution in [2.45, 2.75) is 47.0 Å². The van der Waals surface area contributed by atoms with E-state index >= 15 is 0 Å². The molecule has 1 atom stereocenters. The Bertz CT molecular complexity index is 149. The molecule has 0 rings (SSSR count). The van der Waals surface area contributed by atoms with Crippen LogP contribution in [0.15, 0.2) is 11.6 Å². The number of allylic oxidation sites excluding steroid dienone is 2. The van der Waals surface area contributed by atoms with Crippen molar-refractivity contribution < 1.29 is 15.4 Å². The molecule has 0 aromatic heterocycles. The zero-order valence-electron chi connectivity index (χ0n) is 10.4. The summed E-state index contributed by atoms with van der Waals surface area (Å²) in [6.07, 6.45) is 6.31. The van der Waals surface area contributed by atoms with Gasteiger partial charge in [0.15, 0.2) is 0 Å². The highest BCUT2D eigenvalue weighted by Gasteiger charge is 1.98. The van der Waals surface area contributed by atoms with E-state index in [2.05, 4.69) is 26.8 Å². The van der Waals surface area contributed by atoms with Gasteiger partial charge in [0.2, 0.25) is 0 Å². The summed E-state index contributed by atoms with van der Waals surface area (Å²) in [5, 5.41) is 8.63.